The van der Waals surface area contributed by atoms with Crippen LogP contribution in [0, 0.1) is 19.8 Å². The first-order valence-corrected chi connectivity index (χ1v) is 6.18. The Labute approximate surface area is 98.7 Å². The molecule has 1 heteroatoms. The van der Waals surface area contributed by atoms with Crippen molar-refractivity contribution >= 4 is 11.6 Å². The van der Waals surface area contributed by atoms with E-state index < -0.39 is 0 Å². The lowest BCUT2D eigenvalue weighted by Crippen LogP contribution is -2.13. The fourth-order valence-electron chi connectivity index (χ4n) is 1.83. The molecule has 0 N–H and O–H groups in total. The van der Waals surface area contributed by atoms with Gasteiger partial charge in [-0.1, -0.05) is 32.0 Å². The molecule has 15 heavy (non-hydrogen) atoms. The molecule has 0 aliphatic rings. The molecule has 0 aliphatic carbocycles. The molecule has 0 radical (unpaired) electrons. The number of hydrogen-bond acceptors (Lipinski definition) is 0. The minimum Gasteiger partial charge on any atom is -0.123 e. The minimum absolute atomic E-state index is 0.298. The average molecular weight is 225 g/mol. The van der Waals surface area contributed by atoms with Crippen molar-refractivity contribution in [3.8, 4) is 0 Å². The van der Waals surface area contributed by atoms with Crippen LogP contribution in [0.3, 0.4) is 0 Å². The summed E-state index contributed by atoms with van der Waals surface area (Å²) in [5, 5.41) is 0.298. The molecule has 0 heterocycles. The molecule has 0 spiro atoms. The molecule has 1 aromatic carbocycles. The summed E-state index contributed by atoms with van der Waals surface area (Å²) in [5.41, 5.74) is 4.15. The molecule has 1 rings (SSSR count). The number of alkyl halides is 1. The predicted molar refractivity (Wildman–Crippen MR) is 68.7 cm³/mol. The van der Waals surface area contributed by atoms with Gasteiger partial charge in [0.25, 0.3) is 0 Å². The van der Waals surface area contributed by atoms with E-state index in [2.05, 4.69) is 45.9 Å². The number of halogens is 1. The third-order valence-electron chi connectivity index (χ3n) is 3.14. The quantitative estimate of drug-likeness (QED) is 0.661. The minimum atomic E-state index is 0.298. The summed E-state index contributed by atoms with van der Waals surface area (Å²) in [6, 6.07) is 6.70. The van der Waals surface area contributed by atoms with E-state index in [0.29, 0.717) is 11.3 Å². The molecule has 1 aromatic rings. The Hall–Kier alpha value is -0.490. The number of rotatable bonds is 4. The Kier molecular flexibility index (Phi) is 4.66. The van der Waals surface area contributed by atoms with Gasteiger partial charge in [-0.15, -0.1) is 11.6 Å². The SMILES string of the molecule is CCC(Cl)C(C)Cc1ccc(C)c(C)c1. The summed E-state index contributed by atoms with van der Waals surface area (Å²) in [4.78, 5) is 0. The molecule has 0 aromatic heterocycles. The molecule has 2 atom stereocenters. The van der Waals surface area contributed by atoms with Crippen LogP contribution in [0.1, 0.15) is 37.0 Å². The molecule has 0 saturated carbocycles. The highest BCUT2D eigenvalue weighted by Gasteiger charge is 2.12. The van der Waals surface area contributed by atoms with E-state index in [1.54, 1.807) is 0 Å². The Bertz CT molecular complexity index is 317. The smallest absolute Gasteiger partial charge is 0.0362 e. The lowest BCUT2D eigenvalue weighted by atomic mass is 9.94. The maximum atomic E-state index is 6.24. The van der Waals surface area contributed by atoms with E-state index in [1.807, 2.05) is 0 Å². The van der Waals surface area contributed by atoms with Crippen molar-refractivity contribution in [1.82, 2.24) is 0 Å². The van der Waals surface area contributed by atoms with Crippen LogP contribution in [0.5, 0.6) is 0 Å². The van der Waals surface area contributed by atoms with Crippen LogP contribution in [0.25, 0.3) is 0 Å². The van der Waals surface area contributed by atoms with Crippen molar-refractivity contribution in [2.75, 3.05) is 0 Å². The van der Waals surface area contributed by atoms with Crippen molar-refractivity contribution < 1.29 is 0 Å². The van der Waals surface area contributed by atoms with Gasteiger partial charge in [-0.2, -0.15) is 0 Å². The Morgan fingerprint density at radius 1 is 1.20 bits per heavy atom. The van der Waals surface area contributed by atoms with E-state index >= 15 is 0 Å². The predicted octanol–water partition coefficient (Wildman–Crippen LogP) is 4.50. The fraction of sp³-hybridized carbons (Fsp3) is 0.571. The van der Waals surface area contributed by atoms with Gasteiger partial charge in [-0.05, 0) is 49.3 Å². The zero-order chi connectivity index (χ0) is 11.4. The maximum absolute atomic E-state index is 6.24. The van der Waals surface area contributed by atoms with Crippen molar-refractivity contribution in [2.45, 2.75) is 45.9 Å². The summed E-state index contributed by atoms with van der Waals surface area (Å²) in [7, 11) is 0. The topological polar surface area (TPSA) is 0 Å². The first-order chi connectivity index (χ1) is 7.04. The Morgan fingerprint density at radius 3 is 2.40 bits per heavy atom. The van der Waals surface area contributed by atoms with Gasteiger partial charge in [0.05, 0.1) is 0 Å². The van der Waals surface area contributed by atoms with E-state index in [9.17, 15) is 0 Å². The summed E-state index contributed by atoms with van der Waals surface area (Å²) in [5.74, 6) is 0.554. The number of hydrogen-bond donors (Lipinski definition) is 0. The third-order valence-corrected chi connectivity index (χ3v) is 3.88. The summed E-state index contributed by atoms with van der Waals surface area (Å²) in [6.45, 7) is 8.70. The second-order valence-corrected chi connectivity index (χ2v) is 5.08. The molecule has 0 saturated heterocycles. The van der Waals surface area contributed by atoms with Gasteiger partial charge in [-0.3, -0.25) is 0 Å². The molecule has 0 aliphatic heterocycles. The van der Waals surface area contributed by atoms with E-state index in [4.69, 9.17) is 11.6 Å². The number of benzene rings is 1. The van der Waals surface area contributed by atoms with Gasteiger partial charge in [0.15, 0.2) is 0 Å². The van der Waals surface area contributed by atoms with Crippen molar-refractivity contribution in [1.29, 1.82) is 0 Å². The monoisotopic (exact) mass is 224 g/mol. The van der Waals surface area contributed by atoms with Gasteiger partial charge < -0.3 is 0 Å². The molecular formula is C14H21Cl. The highest BCUT2D eigenvalue weighted by molar-refractivity contribution is 6.20. The standard InChI is InChI=1S/C14H21Cl/c1-5-14(15)12(4)9-13-7-6-10(2)11(3)8-13/h6-8,12,14H,5,9H2,1-4H3. The van der Waals surface area contributed by atoms with Crippen LogP contribution in [-0.2, 0) is 6.42 Å². The van der Waals surface area contributed by atoms with Crippen molar-refractivity contribution in [2.24, 2.45) is 5.92 Å². The highest BCUT2D eigenvalue weighted by atomic mass is 35.5. The van der Waals surface area contributed by atoms with Crippen LogP contribution in [0.15, 0.2) is 18.2 Å². The van der Waals surface area contributed by atoms with Gasteiger partial charge in [0, 0.05) is 5.38 Å². The summed E-state index contributed by atoms with van der Waals surface area (Å²) < 4.78 is 0. The molecule has 0 amide bonds. The van der Waals surface area contributed by atoms with Crippen LogP contribution in [0.4, 0.5) is 0 Å². The second-order valence-electron chi connectivity index (χ2n) is 4.52. The van der Waals surface area contributed by atoms with Gasteiger partial charge in [0.1, 0.15) is 0 Å². The molecular weight excluding hydrogens is 204 g/mol. The van der Waals surface area contributed by atoms with Gasteiger partial charge in [-0.25, -0.2) is 0 Å². The van der Waals surface area contributed by atoms with Crippen LogP contribution in [-0.4, -0.2) is 5.38 Å². The van der Waals surface area contributed by atoms with E-state index in [1.165, 1.54) is 16.7 Å². The molecule has 2 unspecified atom stereocenters. The molecule has 0 nitrogen and oxygen atoms in total. The van der Waals surface area contributed by atoms with Crippen molar-refractivity contribution in [3.63, 3.8) is 0 Å². The van der Waals surface area contributed by atoms with E-state index in [0.717, 1.165) is 12.8 Å². The first-order valence-electron chi connectivity index (χ1n) is 5.74. The lowest BCUT2D eigenvalue weighted by molar-refractivity contribution is 0.531. The molecule has 0 fully saturated rings. The second kappa shape index (κ2) is 5.55. The van der Waals surface area contributed by atoms with Crippen LogP contribution < -0.4 is 0 Å². The Balaban J connectivity index is 2.68. The lowest BCUT2D eigenvalue weighted by Gasteiger charge is -2.16. The molecule has 0 bridgehead atoms. The first kappa shape index (κ1) is 12.6. The summed E-state index contributed by atoms with van der Waals surface area (Å²) >= 11 is 6.24. The average Bonchev–Trinajstić information content (AvgIpc) is 2.22. The third kappa shape index (κ3) is 3.53. The van der Waals surface area contributed by atoms with Crippen LogP contribution >= 0.6 is 11.6 Å². The zero-order valence-corrected chi connectivity index (χ0v) is 10.9. The Morgan fingerprint density at radius 2 is 1.87 bits per heavy atom. The summed E-state index contributed by atoms with van der Waals surface area (Å²) in [6.07, 6.45) is 2.14. The fourth-order valence-corrected chi connectivity index (χ4v) is 1.92. The zero-order valence-electron chi connectivity index (χ0n) is 10.2. The van der Waals surface area contributed by atoms with Crippen LogP contribution in [0.2, 0.25) is 0 Å². The van der Waals surface area contributed by atoms with Crippen molar-refractivity contribution in [3.05, 3.63) is 34.9 Å². The normalized spacial score (nSPS) is 15.0. The maximum Gasteiger partial charge on any atom is 0.0362 e. The molecule has 84 valence electrons. The van der Waals surface area contributed by atoms with E-state index in [-0.39, 0.29) is 0 Å². The number of aryl methyl sites for hydroxylation is 2. The van der Waals surface area contributed by atoms with Gasteiger partial charge in [0.2, 0.25) is 0 Å². The van der Waals surface area contributed by atoms with Gasteiger partial charge >= 0.3 is 0 Å². The largest absolute Gasteiger partial charge is 0.123 e. The highest BCUT2D eigenvalue weighted by Crippen LogP contribution is 2.20.